The van der Waals surface area contributed by atoms with Gasteiger partial charge in [-0.1, -0.05) is 30.3 Å². The van der Waals surface area contributed by atoms with Crippen LogP contribution in [0.4, 0.5) is 0 Å². The van der Waals surface area contributed by atoms with Crippen molar-refractivity contribution in [3.8, 4) is 11.1 Å². The van der Waals surface area contributed by atoms with E-state index in [1.165, 1.54) is 12.5 Å². The second-order valence-corrected chi connectivity index (χ2v) is 8.06. The third-order valence-electron chi connectivity index (χ3n) is 4.14. The summed E-state index contributed by atoms with van der Waals surface area (Å²) in [6.45, 7) is 2.01. The Labute approximate surface area is 146 Å². The van der Waals surface area contributed by atoms with Crippen LogP contribution in [0.1, 0.15) is 16.7 Å². The summed E-state index contributed by atoms with van der Waals surface area (Å²) in [6, 6.07) is 16.2. The predicted molar refractivity (Wildman–Crippen MR) is 97.5 cm³/mol. The van der Waals surface area contributed by atoms with E-state index < -0.39 is 9.84 Å². The average Bonchev–Trinajstić information content (AvgIpc) is 2.57. The van der Waals surface area contributed by atoms with E-state index in [0.717, 1.165) is 22.3 Å². The molecule has 0 unspecified atom stereocenters. The van der Waals surface area contributed by atoms with Crippen LogP contribution < -0.4 is 5.63 Å². The van der Waals surface area contributed by atoms with E-state index in [2.05, 4.69) is 0 Å². The van der Waals surface area contributed by atoms with Gasteiger partial charge in [0.25, 0.3) is 0 Å². The Bertz CT molecular complexity index is 1060. The highest BCUT2D eigenvalue weighted by molar-refractivity contribution is 7.90. The summed E-state index contributed by atoms with van der Waals surface area (Å²) in [6.07, 6.45) is 3.22. The first-order valence-corrected chi connectivity index (χ1v) is 9.70. The van der Waals surface area contributed by atoms with Crippen LogP contribution in [-0.2, 0) is 16.3 Å². The molecule has 0 aliphatic carbocycles. The second kappa shape index (κ2) is 6.69. The molecule has 0 amide bonds. The average molecular weight is 354 g/mol. The Kier molecular flexibility index (Phi) is 4.59. The number of aryl methyl sites for hydroxylation is 1. The molecule has 25 heavy (non-hydrogen) atoms. The van der Waals surface area contributed by atoms with Crippen LogP contribution in [0.3, 0.4) is 0 Å². The molecule has 1 heterocycles. The minimum Gasteiger partial charge on any atom is -0.431 e. The van der Waals surface area contributed by atoms with Crippen molar-refractivity contribution in [2.75, 3.05) is 6.26 Å². The van der Waals surface area contributed by atoms with Crippen molar-refractivity contribution >= 4 is 9.84 Å². The first-order chi connectivity index (χ1) is 11.8. The van der Waals surface area contributed by atoms with Crippen LogP contribution in [0.2, 0.25) is 0 Å². The molecule has 0 N–H and O–H groups in total. The molecule has 0 saturated heterocycles. The minimum atomic E-state index is -3.19. The maximum Gasteiger partial charge on any atom is 0.343 e. The Morgan fingerprint density at radius 3 is 2.36 bits per heavy atom. The van der Waals surface area contributed by atoms with Crippen molar-refractivity contribution in [3.05, 3.63) is 88.0 Å². The van der Waals surface area contributed by atoms with Gasteiger partial charge >= 0.3 is 5.63 Å². The molecule has 4 nitrogen and oxygen atoms in total. The molecule has 0 radical (unpaired) electrons. The lowest BCUT2D eigenvalue weighted by Crippen LogP contribution is -2.02. The number of hydrogen-bond acceptors (Lipinski definition) is 4. The molecule has 0 aliphatic heterocycles. The van der Waals surface area contributed by atoms with Crippen LogP contribution in [0.15, 0.2) is 75.0 Å². The second-order valence-electron chi connectivity index (χ2n) is 6.05. The third-order valence-corrected chi connectivity index (χ3v) is 5.27. The van der Waals surface area contributed by atoms with Gasteiger partial charge in [-0.25, -0.2) is 13.2 Å². The Balaban J connectivity index is 1.94. The molecule has 3 rings (SSSR count). The summed E-state index contributed by atoms with van der Waals surface area (Å²) >= 11 is 0. The lowest BCUT2D eigenvalue weighted by atomic mass is 9.96. The Morgan fingerprint density at radius 2 is 1.72 bits per heavy atom. The summed E-state index contributed by atoms with van der Waals surface area (Å²) in [5.74, 6) is 0. The number of sulfone groups is 1. The number of hydrogen-bond donors (Lipinski definition) is 0. The molecule has 1 aromatic heterocycles. The van der Waals surface area contributed by atoms with Gasteiger partial charge in [0.2, 0.25) is 0 Å². The molecular weight excluding hydrogens is 336 g/mol. The van der Waals surface area contributed by atoms with Crippen molar-refractivity contribution in [3.63, 3.8) is 0 Å². The molecule has 2 aromatic carbocycles. The first-order valence-electron chi connectivity index (χ1n) is 7.81. The van der Waals surface area contributed by atoms with Crippen molar-refractivity contribution in [1.82, 2.24) is 0 Å². The summed E-state index contributed by atoms with van der Waals surface area (Å²) in [5, 5.41) is 0. The zero-order chi connectivity index (χ0) is 18.0. The van der Waals surface area contributed by atoms with E-state index in [1.54, 1.807) is 24.3 Å². The summed E-state index contributed by atoms with van der Waals surface area (Å²) in [5.41, 5.74) is 4.16. The van der Waals surface area contributed by atoms with Gasteiger partial charge in [0, 0.05) is 6.26 Å². The van der Waals surface area contributed by atoms with E-state index in [0.29, 0.717) is 16.9 Å². The van der Waals surface area contributed by atoms with Gasteiger partial charge < -0.3 is 4.42 Å². The fourth-order valence-corrected chi connectivity index (χ4v) is 3.32. The SMILES string of the molecule is Cc1ccc(-c2cccoc2=O)cc1Cc1ccc(S(C)(=O)=O)cc1. The van der Waals surface area contributed by atoms with Gasteiger partial charge in [0.05, 0.1) is 16.7 Å². The van der Waals surface area contributed by atoms with E-state index in [-0.39, 0.29) is 5.63 Å². The largest absolute Gasteiger partial charge is 0.431 e. The third kappa shape index (κ3) is 3.88. The van der Waals surface area contributed by atoms with Crippen molar-refractivity contribution in [2.45, 2.75) is 18.2 Å². The van der Waals surface area contributed by atoms with Gasteiger partial charge in [-0.15, -0.1) is 0 Å². The van der Waals surface area contributed by atoms with E-state index in [9.17, 15) is 13.2 Å². The Morgan fingerprint density at radius 1 is 1.00 bits per heavy atom. The fourth-order valence-electron chi connectivity index (χ4n) is 2.69. The van der Waals surface area contributed by atoms with Crippen molar-refractivity contribution < 1.29 is 12.8 Å². The van der Waals surface area contributed by atoms with Gasteiger partial charge in [0.1, 0.15) is 0 Å². The summed E-state index contributed by atoms with van der Waals surface area (Å²) < 4.78 is 28.0. The zero-order valence-electron chi connectivity index (χ0n) is 14.0. The normalized spacial score (nSPS) is 11.4. The molecule has 0 atom stereocenters. The Hall–Kier alpha value is -2.66. The monoisotopic (exact) mass is 354 g/mol. The summed E-state index contributed by atoms with van der Waals surface area (Å²) in [7, 11) is -3.19. The van der Waals surface area contributed by atoms with Gasteiger partial charge in [-0.05, 0) is 59.9 Å². The number of rotatable bonds is 4. The molecule has 0 spiro atoms. The lowest BCUT2D eigenvalue weighted by molar-refractivity contribution is 0.513. The van der Waals surface area contributed by atoms with E-state index in [4.69, 9.17) is 4.42 Å². The van der Waals surface area contributed by atoms with Crippen molar-refractivity contribution in [2.24, 2.45) is 0 Å². The molecule has 128 valence electrons. The highest BCUT2D eigenvalue weighted by Gasteiger charge is 2.09. The standard InChI is InChI=1S/C20H18O4S/c1-14-5-8-16(19-4-3-11-24-20(19)21)13-17(14)12-15-6-9-18(10-7-15)25(2,22)23/h3-11,13H,12H2,1-2H3. The summed E-state index contributed by atoms with van der Waals surface area (Å²) in [4.78, 5) is 12.2. The molecule has 0 fully saturated rings. The molecule has 0 aliphatic rings. The van der Waals surface area contributed by atoms with E-state index in [1.807, 2.05) is 37.3 Å². The first kappa shape index (κ1) is 17.2. The fraction of sp³-hybridized carbons (Fsp3) is 0.150. The number of benzene rings is 2. The maximum absolute atomic E-state index is 11.9. The molecule has 0 bridgehead atoms. The smallest absolute Gasteiger partial charge is 0.343 e. The van der Waals surface area contributed by atoms with Gasteiger partial charge in [-0.3, -0.25) is 0 Å². The van der Waals surface area contributed by atoms with Crippen LogP contribution in [-0.4, -0.2) is 14.7 Å². The van der Waals surface area contributed by atoms with Crippen LogP contribution in [0.5, 0.6) is 0 Å². The quantitative estimate of drug-likeness (QED) is 0.718. The van der Waals surface area contributed by atoms with Gasteiger partial charge in [0.15, 0.2) is 9.84 Å². The van der Waals surface area contributed by atoms with Crippen LogP contribution in [0, 0.1) is 6.92 Å². The zero-order valence-corrected chi connectivity index (χ0v) is 14.8. The van der Waals surface area contributed by atoms with Crippen LogP contribution >= 0.6 is 0 Å². The molecule has 0 saturated carbocycles. The highest BCUT2D eigenvalue weighted by Crippen LogP contribution is 2.22. The minimum absolute atomic E-state index is 0.309. The molecule has 3 aromatic rings. The van der Waals surface area contributed by atoms with E-state index >= 15 is 0 Å². The van der Waals surface area contributed by atoms with Crippen molar-refractivity contribution in [1.29, 1.82) is 0 Å². The van der Waals surface area contributed by atoms with Gasteiger partial charge in [-0.2, -0.15) is 0 Å². The predicted octanol–water partition coefficient (Wildman–Crippen LogP) is 3.61. The topological polar surface area (TPSA) is 64.3 Å². The highest BCUT2D eigenvalue weighted by atomic mass is 32.2. The molecule has 5 heteroatoms. The molecular formula is C20H18O4S. The maximum atomic E-state index is 11.9. The van der Waals surface area contributed by atoms with Crippen LogP contribution in [0.25, 0.3) is 11.1 Å². The lowest BCUT2D eigenvalue weighted by Gasteiger charge is -2.09.